The zero-order valence-electron chi connectivity index (χ0n) is 7.24. The number of rotatable bonds is 2. The lowest BCUT2D eigenvalue weighted by Crippen LogP contribution is -2.08. The number of benzene rings is 1. The monoisotopic (exact) mass is 182 g/mol. The Hall–Kier alpha value is -0.765. The molecule has 12 heavy (non-hydrogen) atoms. The summed E-state index contributed by atoms with van der Waals surface area (Å²) in [6.07, 6.45) is 0. The molecule has 0 atom stereocenters. The van der Waals surface area contributed by atoms with Crippen LogP contribution in [0, 0.1) is 0 Å². The van der Waals surface area contributed by atoms with Crippen molar-refractivity contribution < 1.29 is 8.42 Å². The molecule has 1 aromatic carbocycles. The van der Waals surface area contributed by atoms with Gasteiger partial charge >= 0.3 is 0 Å². The van der Waals surface area contributed by atoms with Crippen molar-refractivity contribution in [3.63, 3.8) is 0 Å². The van der Waals surface area contributed by atoms with Crippen molar-refractivity contribution >= 4 is 23.1 Å². The summed E-state index contributed by atoms with van der Waals surface area (Å²) in [6.45, 7) is 1.65. The van der Waals surface area contributed by atoms with Crippen LogP contribution >= 0.6 is 0 Å². The van der Waals surface area contributed by atoms with Gasteiger partial charge < -0.3 is 0 Å². The highest BCUT2D eigenvalue weighted by atomic mass is 32.2. The Labute approximate surface area is 73.9 Å². The lowest BCUT2D eigenvalue weighted by molar-refractivity contribution is 0.597. The van der Waals surface area contributed by atoms with E-state index < -0.39 is 9.84 Å². The molecule has 0 aliphatic carbocycles. The summed E-state index contributed by atoms with van der Waals surface area (Å²) in [5.41, 5.74) is 0.976. The molecule has 0 bridgehead atoms. The maximum Gasteiger partial charge on any atom is 0.178 e. The highest BCUT2D eigenvalue weighted by molar-refractivity contribution is 7.91. The molecule has 0 saturated heterocycles. The van der Waals surface area contributed by atoms with Crippen molar-refractivity contribution in [2.75, 3.05) is 5.75 Å². The minimum atomic E-state index is -3.02. The molecule has 1 rings (SSSR count). The van der Waals surface area contributed by atoms with Crippen LogP contribution in [0.1, 0.15) is 6.92 Å². The van der Waals surface area contributed by atoms with Crippen LogP contribution in [-0.2, 0) is 9.84 Å². The third kappa shape index (κ3) is 1.88. The Morgan fingerprint density at radius 2 is 2.08 bits per heavy atom. The van der Waals surface area contributed by atoms with E-state index >= 15 is 0 Å². The molecular weight excluding hydrogens is 171 g/mol. The van der Waals surface area contributed by atoms with Gasteiger partial charge in [-0.15, -0.1) is 0 Å². The van der Waals surface area contributed by atoms with Crippen molar-refractivity contribution in [2.45, 2.75) is 11.8 Å². The standard InChI is InChI=1S/C8H11BO2S/c1-2-12(10,11)8-5-3-4-7(9)6-8/h3-6H,2,9H2,1H3. The molecule has 64 valence electrons. The molecule has 1 aromatic rings. The zero-order chi connectivity index (χ0) is 9.19. The molecule has 0 unspecified atom stereocenters. The molecule has 0 aromatic heterocycles. The third-order valence-electron chi connectivity index (χ3n) is 1.73. The van der Waals surface area contributed by atoms with E-state index in [1.54, 1.807) is 25.1 Å². The summed E-state index contributed by atoms with van der Waals surface area (Å²) in [5.74, 6) is 0.163. The van der Waals surface area contributed by atoms with E-state index in [-0.39, 0.29) is 5.75 Å². The largest absolute Gasteiger partial charge is 0.224 e. The van der Waals surface area contributed by atoms with E-state index in [0.717, 1.165) is 5.46 Å². The van der Waals surface area contributed by atoms with E-state index in [1.165, 1.54) is 0 Å². The predicted molar refractivity (Wildman–Crippen MR) is 52.3 cm³/mol. The molecule has 0 aliphatic rings. The van der Waals surface area contributed by atoms with Crippen molar-refractivity contribution in [3.05, 3.63) is 24.3 Å². The van der Waals surface area contributed by atoms with Gasteiger partial charge in [-0.1, -0.05) is 24.5 Å². The van der Waals surface area contributed by atoms with Crippen LogP contribution in [0.4, 0.5) is 0 Å². The van der Waals surface area contributed by atoms with Crippen LogP contribution in [0.5, 0.6) is 0 Å². The second-order valence-electron chi connectivity index (χ2n) is 2.72. The quantitative estimate of drug-likeness (QED) is 0.590. The summed E-state index contributed by atoms with van der Waals surface area (Å²) < 4.78 is 22.7. The molecule has 0 N–H and O–H groups in total. The Bertz CT molecular complexity index is 370. The average Bonchev–Trinajstić information content (AvgIpc) is 2.05. The lowest BCUT2D eigenvalue weighted by Gasteiger charge is -2.01. The first-order chi connectivity index (χ1) is 5.56. The van der Waals surface area contributed by atoms with Gasteiger partial charge in [-0.25, -0.2) is 8.42 Å². The third-order valence-corrected chi connectivity index (χ3v) is 3.46. The molecule has 0 aliphatic heterocycles. The van der Waals surface area contributed by atoms with E-state index in [4.69, 9.17) is 0 Å². The van der Waals surface area contributed by atoms with Crippen molar-refractivity contribution in [3.8, 4) is 0 Å². The molecule has 0 fully saturated rings. The molecule has 0 radical (unpaired) electrons. The minimum absolute atomic E-state index is 0.163. The smallest absolute Gasteiger partial charge is 0.178 e. The Balaban J connectivity index is 3.21. The van der Waals surface area contributed by atoms with Crippen LogP contribution in [-0.4, -0.2) is 22.0 Å². The number of sulfone groups is 1. The van der Waals surface area contributed by atoms with Gasteiger partial charge in [0.1, 0.15) is 7.85 Å². The molecule has 4 heteroatoms. The minimum Gasteiger partial charge on any atom is -0.224 e. The van der Waals surface area contributed by atoms with Crippen LogP contribution in [0.25, 0.3) is 0 Å². The fourth-order valence-electron chi connectivity index (χ4n) is 0.975. The SMILES string of the molecule is Bc1cccc(S(=O)(=O)CC)c1. The summed E-state index contributed by atoms with van der Waals surface area (Å²) in [4.78, 5) is 0.421. The lowest BCUT2D eigenvalue weighted by atomic mass is 9.97. The van der Waals surface area contributed by atoms with E-state index in [9.17, 15) is 8.42 Å². The molecule has 0 spiro atoms. The maximum atomic E-state index is 11.4. The zero-order valence-corrected chi connectivity index (χ0v) is 8.06. The van der Waals surface area contributed by atoms with Crippen molar-refractivity contribution in [1.82, 2.24) is 0 Å². The van der Waals surface area contributed by atoms with E-state index in [1.807, 2.05) is 13.9 Å². The van der Waals surface area contributed by atoms with Crippen LogP contribution in [0.2, 0.25) is 0 Å². The second kappa shape index (κ2) is 3.31. The first-order valence-electron chi connectivity index (χ1n) is 3.85. The van der Waals surface area contributed by atoms with Gasteiger partial charge in [-0.3, -0.25) is 0 Å². The number of hydrogen-bond donors (Lipinski definition) is 0. The van der Waals surface area contributed by atoms with Crippen LogP contribution < -0.4 is 5.46 Å². The Morgan fingerprint density at radius 3 is 2.58 bits per heavy atom. The topological polar surface area (TPSA) is 34.1 Å². The summed E-state index contributed by atoms with van der Waals surface area (Å²) >= 11 is 0. The van der Waals surface area contributed by atoms with Gasteiger partial charge in [0, 0.05) is 0 Å². The molecule has 0 amide bonds. The average molecular weight is 182 g/mol. The van der Waals surface area contributed by atoms with E-state index in [2.05, 4.69) is 0 Å². The Kier molecular flexibility index (Phi) is 2.57. The van der Waals surface area contributed by atoms with Gasteiger partial charge in [-0.2, -0.15) is 0 Å². The second-order valence-corrected chi connectivity index (χ2v) is 5.00. The molecule has 0 saturated carbocycles. The highest BCUT2D eigenvalue weighted by Crippen LogP contribution is 2.07. The van der Waals surface area contributed by atoms with Crippen LogP contribution in [0.15, 0.2) is 29.2 Å². The van der Waals surface area contributed by atoms with Gasteiger partial charge in [0.2, 0.25) is 0 Å². The Morgan fingerprint density at radius 1 is 1.42 bits per heavy atom. The normalized spacial score (nSPS) is 11.4. The summed E-state index contributed by atoms with van der Waals surface area (Å²) in [6, 6.07) is 6.97. The van der Waals surface area contributed by atoms with Gasteiger partial charge in [0.05, 0.1) is 10.6 Å². The fraction of sp³-hybridized carbons (Fsp3) is 0.250. The van der Waals surface area contributed by atoms with Crippen LogP contribution in [0.3, 0.4) is 0 Å². The van der Waals surface area contributed by atoms with Gasteiger partial charge in [-0.05, 0) is 12.1 Å². The first-order valence-corrected chi connectivity index (χ1v) is 5.51. The summed E-state index contributed by atoms with van der Waals surface area (Å²) in [5, 5.41) is 0. The maximum absolute atomic E-state index is 11.4. The molecule has 2 nitrogen and oxygen atoms in total. The molecule has 0 heterocycles. The number of hydrogen-bond acceptors (Lipinski definition) is 2. The first kappa shape index (κ1) is 9.32. The van der Waals surface area contributed by atoms with Crippen molar-refractivity contribution in [1.29, 1.82) is 0 Å². The highest BCUT2D eigenvalue weighted by Gasteiger charge is 2.09. The van der Waals surface area contributed by atoms with E-state index in [0.29, 0.717) is 4.90 Å². The van der Waals surface area contributed by atoms with Gasteiger partial charge in [0.15, 0.2) is 9.84 Å². The predicted octanol–water partition coefficient (Wildman–Crippen LogP) is -0.261. The molecular formula is C8H11BO2S. The van der Waals surface area contributed by atoms with Gasteiger partial charge in [0.25, 0.3) is 0 Å². The fourth-order valence-corrected chi connectivity index (χ4v) is 1.96. The summed E-state index contributed by atoms with van der Waals surface area (Å²) in [7, 11) is -1.14. The van der Waals surface area contributed by atoms with Crippen molar-refractivity contribution in [2.24, 2.45) is 0 Å².